The Morgan fingerprint density at radius 2 is 2.15 bits per heavy atom. The van der Waals surface area contributed by atoms with Crippen molar-refractivity contribution in [1.29, 1.82) is 5.26 Å². The average molecular weight is 271 g/mol. The highest BCUT2D eigenvalue weighted by Gasteiger charge is 2.07. The molecule has 1 amide bonds. The van der Waals surface area contributed by atoms with Gasteiger partial charge in [0.05, 0.1) is 0 Å². The molecule has 0 heterocycles. The molecular formula is C16H21N3O. The third-order valence-corrected chi connectivity index (χ3v) is 2.98. The number of benzene rings is 1. The van der Waals surface area contributed by atoms with Gasteiger partial charge in [0.2, 0.25) is 0 Å². The van der Waals surface area contributed by atoms with Crippen LogP contribution in [0.25, 0.3) is 0 Å². The van der Waals surface area contributed by atoms with Gasteiger partial charge >= 0.3 is 0 Å². The molecule has 0 aliphatic heterocycles. The molecule has 0 unspecified atom stereocenters. The molecule has 0 saturated carbocycles. The molecule has 0 spiro atoms. The number of amides is 1. The van der Waals surface area contributed by atoms with Gasteiger partial charge in [0.25, 0.3) is 5.91 Å². The number of rotatable bonds is 7. The van der Waals surface area contributed by atoms with Crippen molar-refractivity contribution in [1.82, 2.24) is 10.6 Å². The van der Waals surface area contributed by atoms with E-state index in [9.17, 15) is 4.79 Å². The maximum atomic E-state index is 11.7. The van der Waals surface area contributed by atoms with E-state index in [1.54, 1.807) is 0 Å². The van der Waals surface area contributed by atoms with Crippen molar-refractivity contribution in [3.8, 4) is 6.07 Å². The highest BCUT2D eigenvalue weighted by molar-refractivity contribution is 5.97. The number of carbonyl (C=O) groups excluding carboxylic acids is 1. The smallest absolute Gasteiger partial charge is 0.263 e. The first kappa shape index (κ1) is 15.8. The monoisotopic (exact) mass is 271 g/mol. The van der Waals surface area contributed by atoms with Crippen LogP contribution in [-0.4, -0.2) is 12.5 Å². The van der Waals surface area contributed by atoms with Gasteiger partial charge < -0.3 is 10.6 Å². The lowest BCUT2D eigenvalue weighted by Crippen LogP contribution is -2.26. The first-order chi connectivity index (χ1) is 9.69. The molecule has 0 radical (unpaired) electrons. The normalized spacial score (nSPS) is 10.8. The van der Waals surface area contributed by atoms with Crippen molar-refractivity contribution in [2.75, 3.05) is 6.54 Å². The molecule has 1 aromatic carbocycles. The second-order valence-electron chi connectivity index (χ2n) is 4.59. The fourth-order valence-corrected chi connectivity index (χ4v) is 1.69. The standard InChI is InChI=1S/C16H21N3O/c1-3-4-9-19-16(20)15(10-17)12-18-11-14-8-6-5-7-13(14)2/h5-8,12,18H,3-4,9,11H2,1-2H3,(H,19,20)/b15-12-. The van der Waals surface area contributed by atoms with E-state index in [1.807, 2.05) is 37.3 Å². The fourth-order valence-electron chi connectivity index (χ4n) is 1.69. The lowest BCUT2D eigenvalue weighted by atomic mass is 10.1. The average Bonchev–Trinajstić information content (AvgIpc) is 2.45. The Balaban J connectivity index is 2.52. The molecule has 4 nitrogen and oxygen atoms in total. The van der Waals surface area contributed by atoms with E-state index in [-0.39, 0.29) is 11.5 Å². The summed E-state index contributed by atoms with van der Waals surface area (Å²) in [6, 6.07) is 9.92. The van der Waals surface area contributed by atoms with Gasteiger partial charge in [-0.25, -0.2) is 0 Å². The van der Waals surface area contributed by atoms with Crippen LogP contribution in [0.15, 0.2) is 36.0 Å². The number of nitrogens with one attached hydrogen (secondary N) is 2. The van der Waals surface area contributed by atoms with E-state index >= 15 is 0 Å². The summed E-state index contributed by atoms with van der Waals surface area (Å²) in [6.45, 7) is 5.28. The third-order valence-electron chi connectivity index (χ3n) is 2.98. The maximum Gasteiger partial charge on any atom is 0.263 e. The minimum Gasteiger partial charge on any atom is -0.386 e. The highest BCUT2D eigenvalue weighted by atomic mass is 16.1. The number of carbonyl (C=O) groups is 1. The van der Waals surface area contributed by atoms with Crippen molar-refractivity contribution < 1.29 is 4.79 Å². The number of unbranched alkanes of at least 4 members (excludes halogenated alkanes) is 1. The van der Waals surface area contributed by atoms with Crippen LogP contribution in [-0.2, 0) is 11.3 Å². The SMILES string of the molecule is CCCCNC(=O)/C(C#N)=C\NCc1ccccc1C. The number of hydrogen-bond acceptors (Lipinski definition) is 3. The zero-order valence-corrected chi connectivity index (χ0v) is 12.1. The van der Waals surface area contributed by atoms with Crippen molar-refractivity contribution in [3.63, 3.8) is 0 Å². The largest absolute Gasteiger partial charge is 0.386 e. The van der Waals surface area contributed by atoms with E-state index in [0.717, 1.165) is 18.4 Å². The van der Waals surface area contributed by atoms with Gasteiger partial charge in [0, 0.05) is 19.3 Å². The zero-order valence-electron chi connectivity index (χ0n) is 12.1. The van der Waals surface area contributed by atoms with Crippen LogP contribution in [0, 0.1) is 18.3 Å². The maximum absolute atomic E-state index is 11.7. The predicted molar refractivity (Wildman–Crippen MR) is 79.6 cm³/mol. The minimum absolute atomic E-state index is 0.106. The minimum atomic E-state index is -0.321. The number of nitrogens with zero attached hydrogens (tertiary/aromatic N) is 1. The zero-order chi connectivity index (χ0) is 14.8. The molecule has 1 aromatic rings. The summed E-state index contributed by atoms with van der Waals surface area (Å²) >= 11 is 0. The van der Waals surface area contributed by atoms with Gasteiger partial charge in [-0.15, -0.1) is 0 Å². The second kappa shape index (κ2) is 8.76. The molecule has 0 saturated heterocycles. The molecule has 4 heteroatoms. The van der Waals surface area contributed by atoms with E-state index in [4.69, 9.17) is 5.26 Å². The third kappa shape index (κ3) is 5.15. The molecule has 0 aromatic heterocycles. The number of nitriles is 1. The van der Waals surface area contributed by atoms with Gasteiger partial charge in [-0.3, -0.25) is 4.79 Å². The second-order valence-corrected chi connectivity index (χ2v) is 4.59. The Morgan fingerprint density at radius 1 is 1.40 bits per heavy atom. The van der Waals surface area contributed by atoms with Crippen molar-refractivity contribution in [3.05, 3.63) is 47.2 Å². The van der Waals surface area contributed by atoms with Crippen molar-refractivity contribution in [2.24, 2.45) is 0 Å². The summed E-state index contributed by atoms with van der Waals surface area (Å²) in [5.74, 6) is -0.321. The van der Waals surface area contributed by atoms with Crippen LogP contribution >= 0.6 is 0 Å². The molecule has 0 atom stereocenters. The van der Waals surface area contributed by atoms with Crippen LogP contribution in [0.4, 0.5) is 0 Å². The molecule has 1 rings (SSSR count). The Bertz CT molecular complexity index is 515. The van der Waals surface area contributed by atoms with Gasteiger partial charge in [0.15, 0.2) is 0 Å². The van der Waals surface area contributed by atoms with Crippen molar-refractivity contribution in [2.45, 2.75) is 33.2 Å². The first-order valence-corrected chi connectivity index (χ1v) is 6.85. The summed E-state index contributed by atoms with van der Waals surface area (Å²) < 4.78 is 0. The Kier molecular flexibility index (Phi) is 6.91. The van der Waals surface area contributed by atoms with Gasteiger partial charge in [-0.05, 0) is 24.5 Å². The topological polar surface area (TPSA) is 64.9 Å². The Morgan fingerprint density at radius 3 is 2.80 bits per heavy atom. The molecular weight excluding hydrogens is 250 g/mol. The van der Waals surface area contributed by atoms with Crippen molar-refractivity contribution >= 4 is 5.91 Å². The van der Waals surface area contributed by atoms with Gasteiger partial charge in [0.1, 0.15) is 11.6 Å². The number of aryl methyl sites for hydroxylation is 1. The molecule has 106 valence electrons. The lowest BCUT2D eigenvalue weighted by Gasteiger charge is -2.06. The van der Waals surface area contributed by atoms with Gasteiger partial charge in [-0.2, -0.15) is 5.26 Å². The quantitative estimate of drug-likeness (QED) is 0.455. The molecule has 2 N–H and O–H groups in total. The van der Waals surface area contributed by atoms with E-state index < -0.39 is 0 Å². The number of hydrogen-bond donors (Lipinski definition) is 2. The summed E-state index contributed by atoms with van der Waals surface area (Å²) in [5, 5.41) is 14.7. The molecule has 0 bridgehead atoms. The predicted octanol–water partition coefficient (Wildman–Crippen LogP) is 2.41. The van der Waals surface area contributed by atoms with Crippen LogP contribution in [0.2, 0.25) is 0 Å². The Hall–Kier alpha value is -2.28. The summed E-state index contributed by atoms with van der Waals surface area (Å²) in [4.78, 5) is 11.7. The summed E-state index contributed by atoms with van der Waals surface area (Å²) in [7, 11) is 0. The fraction of sp³-hybridized carbons (Fsp3) is 0.375. The molecule has 0 aliphatic rings. The Labute approximate surface area is 120 Å². The van der Waals surface area contributed by atoms with E-state index in [2.05, 4.69) is 17.6 Å². The van der Waals surface area contributed by atoms with Crippen LogP contribution in [0.1, 0.15) is 30.9 Å². The van der Waals surface area contributed by atoms with E-state index in [1.165, 1.54) is 11.8 Å². The molecule has 20 heavy (non-hydrogen) atoms. The van der Waals surface area contributed by atoms with Gasteiger partial charge in [-0.1, -0.05) is 37.6 Å². The summed E-state index contributed by atoms with van der Waals surface area (Å²) in [5.41, 5.74) is 2.43. The lowest BCUT2D eigenvalue weighted by molar-refractivity contribution is -0.117. The van der Waals surface area contributed by atoms with E-state index in [0.29, 0.717) is 13.1 Å². The van der Waals surface area contributed by atoms with Crippen LogP contribution < -0.4 is 10.6 Å². The van der Waals surface area contributed by atoms with Crippen LogP contribution in [0.5, 0.6) is 0 Å². The van der Waals surface area contributed by atoms with Crippen LogP contribution in [0.3, 0.4) is 0 Å². The first-order valence-electron chi connectivity index (χ1n) is 6.85. The molecule has 0 fully saturated rings. The molecule has 0 aliphatic carbocycles. The highest BCUT2D eigenvalue weighted by Crippen LogP contribution is 2.06. The summed E-state index contributed by atoms with van der Waals surface area (Å²) in [6.07, 6.45) is 3.41.